The van der Waals surface area contributed by atoms with Gasteiger partial charge < -0.3 is 5.73 Å². The van der Waals surface area contributed by atoms with Crippen molar-refractivity contribution < 1.29 is 0 Å². The van der Waals surface area contributed by atoms with E-state index in [1.54, 1.807) is 11.8 Å². The zero-order chi connectivity index (χ0) is 13.8. The van der Waals surface area contributed by atoms with Crippen LogP contribution in [-0.2, 0) is 6.42 Å². The molecule has 19 heavy (non-hydrogen) atoms. The zero-order valence-corrected chi connectivity index (χ0v) is 12.8. The van der Waals surface area contributed by atoms with Crippen LogP contribution in [0.4, 0.5) is 0 Å². The molecule has 3 heteroatoms. The average Bonchev–Trinajstić information content (AvgIpc) is 2.37. The molecule has 2 aromatic carbocycles. The molecule has 2 aromatic rings. The van der Waals surface area contributed by atoms with Crippen LogP contribution in [0.15, 0.2) is 46.2 Å². The summed E-state index contributed by atoms with van der Waals surface area (Å²) in [4.78, 5) is 2.31. The molecule has 1 nitrogen and oxygen atoms in total. The first kappa shape index (κ1) is 14.4. The minimum absolute atomic E-state index is 0.653. The Morgan fingerprint density at radius 3 is 2.47 bits per heavy atom. The highest BCUT2D eigenvalue weighted by atomic mass is 35.5. The summed E-state index contributed by atoms with van der Waals surface area (Å²) in [6.45, 7) is 4.91. The van der Waals surface area contributed by atoms with Gasteiger partial charge in [-0.15, -0.1) is 0 Å². The topological polar surface area (TPSA) is 26.0 Å². The van der Waals surface area contributed by atoms with Gasteiger partial charge in [0.25, 0.3) is 0 Å². The Labute approximate surface area is 124 Å². The third-order valence-electron chi connectivity index (χ3n) is 3.14. The average molecular weight is 292 g/mol. The van der Waals surface area contributed by atoms with Gasteiger partial charge in [-0.05, 0) is 67.8 Å². The van der Waals surface area contributed by atoms with Crippen molar-refractivity contribution in [3.8, 4) is 0 Å². The van der Waals surface area contributed by atoms with Gasteiger partial charge in [-0.2, -0.15) is 0 Å². The van der Waals surface area contributed by atoms with E-state index < -0.39 is 0 Å². The predicted octanol–water partition coefficient (Wildman–Crippen LogP) is 4.61. The Hall–Kier alpha value is -0.960. The van der Waals surface area contributed by atoms with E-state index in [1.807, 2.05) is 6.07 Å². The highest BCUT2D eigenvalue weighted by Crippen LogP contribution is 2.34. The summed E-state index contributed by atoms with van der Waals surface area (Å²) >= 11 is 8.03. The number of hydrogen-bond donors (Lipinski definition) is 1. The van der Waals surface area contributed by atoms with Crippen molar-refractivity contribution in [3.05, 3.63) is 58.1 Å². The molecule has 2 N–H and O–H groups in total. The van der Waals surface area contributed by atoms with Gasteiger partial charge in [-0.25, -0.2) is 0 Å². The molecule has 0 saturated heterocycles. The van der Waals surface area contributed by atoms with E-state index in [4.69, 9.17) is 17.3 Å². The Kier molecular flexibility index (Phi) is 4.92. The molecule has 0 aliphatic carbocycles. The van der Waals surface area contributed by atoms with Crippen molar-refractivity contribution in [3.63, 3.8) is 0 Å². The van der Waals surface area contributed by atoms with Crippen LogP contribution in [0.2, 0.25) is 5.02 Å². The van der Waals surface area contributed by atoms with Crippen molar-refractivity contribution in [1.29, 1.82) is 0 Å². The zero-order valence-electron chi connectivity index (χ0n) is 11.2. The summed E-state index contributed by atoms with van der Waals surface area (Å²) in [7, 11) is 0. The Morgan fingerprint density at radius 1 is 1.05 bits per heavy atom. The molecule has 100 valence electrons. The van der Waals surface area contributed by atoms with E-state index in [-0.39, 0.29) is 0 Å². The molecule has 2 rings (SSSR count). The minimum Gasteiger partial charge on any atom is -0.330 e. The number of nitrogens with two attached hydrogens (primary N) is 1. The number of benzene rings is 2. The summed E-state index contributed by atoms with van der Waals surface area (Å²) in [6.07, 6.45) is 0.869. The Morgan fingerprint density at radius 2 is 1.84 bits per heavy atom. The van der Waals surface area contributed by atoms with Crippen LogP contribution in [0.1, 0.15) is 16.7 Å². The first-order chi connectivity index (χ1) is 9.10. The van der Waals surface area contributed by atoms with E-state index >= 15 is 0 Å². The summed E-state index contributed by atoms with van der Waals surface area (Å²) in [6, 6.07) is 12.7. The summed E-state index contributed by atoms with van der Waals surface area (Å²) in [5.74, 6) is 0. The Bertz CT molecular complexity index is 581. The van der Waals surface area contributed by atoms with Crippen molar-refractivity contribution in [2.24, 2.45) is 5.73 Å². The second-order valence-corrected chi connectivity index (χ2v) is 6.17. The van der Waals surface area contributed by atoms with Crippen LogP contribution in [0.5, 0.6) is 0 Å². The molecular weight excluding hydrogens is 274 g/mol. The number of rotatable bonds is 4. The van der Waals surface area contributed by atoms with Crippen molar-refractivity contribution in [2.45, 2.75) is 30.1 Å². The maximum Gasteiger partial charge on any atom is 0.0548 e. The van der Waals surface area contributed by atoms with Crippen LogP contribution in [0, 0.1) is 13.8 Å². The van der Waals surface area contributed by atoms with Gasteiger partial charge >= 0.3 is 0 Å². The van der Waals surface area contributed by atoms with E-state index in [0.29, 0.717) is 6.54 Å². The Balaban J connectivity index is 2.20. The fourth-order valence-electron chi connectivity index (χ4n) is 1.85. The smallest absolute Gasteiger partial charge is 0.0548 e. The van der Waals surface area contributed by atoms with Gasteiger partial charge in [0.05, 0.1) is 5.02 Å². The lowest BCUT2D eigenvalue weighted by Gasteiger charge is -2.08. The lowest BCUT2D eigenvalue weighted by molar-refractivity contribution is 0.966. The van der Waals surface area contributed by atoms with Gasteiger partial charge in [-0.1, -0.05) is 35.5 Å². The largest absolute Gasteiger partial charge is 0.330 e. The summed E-state index contributed by atoms with van der Waals surface area (Å²) in [5, 5.41) is 0.800. The van der Waals surface area contributed by atoms with Crippen molar-refractivity contribution >= 4 is 23.4 Å². The number of hydrogen-bond acceptors (Lipinski definition) is 2. The molecule has 0 aromatic heterocycles. The molecule has 0 bridgehead atoms. The first-order valence-electron chi connectivity index (χ1n) is 6.34. The van der Waals surface area contributed by atoms with E-state index in [1.165, 1.54) is 21.6 Å². The molecular formula is C16H18ClNS. The summed E-state index contributed by atoms with van der Waals surface area (Å²) < 4.78 is 0. The van der Waals surface area contributed by atoms with Crippen LogP contribution < -0.4 is 5.73 Å². The molecule has 0 saturated carbocycles. The van der Waals surface area contributed by atoms with Gasteiger partial charge in [0, 0.05) is 9.79 Å². The van der Waals surface area contributed by atoms with Crippen molar-refractivity contribution in [2.75, 3.05) is 6.54 Å². The molecule has 0 fully saturated rings. The van der Waals surface area contributed by atoms with E-state index in [2.05, 4.69) is 44.2 Å². The van der Waals surface area contributed by atoms with Gasteiger partial charge in [-0.3, -0.25) is 0 Å². The monoisotopic (exact) mass is 291 g/mol. The van der Waals surface area contributed by atoms with Crippen molar-refractivity contribution in [1.82, 2.24) is 0 Å². The van der Waals surface area contributed by atoms with Crippen LogP contribution >= 0.6 is 23.4 Å². The van der Waals surface area contributed by atoms with E-state index in [9.17, 15) is 0 Å². The molecule has 0 heterocycles. The standard InChI is InChI=1S/C16H18ClNS/c1-11-3-5-14(9-12(11)2)19-16-6-4-13(7-8-18)10-15(16)17/h3-6,9-10H,7-8,18H2,1-2H3. The molecule has 0 aliphatic heterocycles. The lowest BCUT2D eigenvalue weighted by atomic mass is 10.1. The molecule has 0 unspecified atom stereocenters. The summed E-state index contributed by atoms with van der Waals surface area (Å²) in [5.41, 5.74) is 9.37. The quantitative estimate of drug-likeness (QED) is 0.890. The highest BCUT2D eigenvalue weighted by Gasteiger charge is 2.05. The maximum absolute atomic E-state index is 6.32. The number of halogens is 1. The van der Waals surface area contributed by atoms with Gasteiger partial charge in [0.1, 0.15) is 0 Å². The third-order valence-corrected chi connectivity index (χ3v) is 4.63. The normalized spacial score (nSPS) is 10.7. The number of aryl methyl sites for hydroxylation is 2. The molecule has 0 amide bonds. The van der Waals surface area contributed by atoms with Gasteiger partial charge in [0.15, 0.2) is 0 Å². The first-order valence-corrected chi connectivity index (χ1v) is 7.53. The minimum atomic E-state index is 0.653. The second-order valence-electron chi connectivity index (χ2n) is 4.65. The van der Waals surface area contributed by atoms with Gasteiger partial charge in [0.2, 0.25) is 0 Å². The predicted molar refractivity (Wildman–Crippen MR) is 84.2 cm³/mol. The SMILES string of the molecule is Cc1ccc(Sc2ccc(CCN)cc2Cl)cc1C. The third kappa shape index (κ3) is 3.75. The fourth-order valence-corrected chi connectivity index (χ4v) is 3.09. The highest BCUT2D eigenvalue weighted by molar-refractivity contribution is 7.99. The molecule has 0 aliphatic rings. The maximum atomic E-state index is 6.32. The fraction of sp³-hybridized carbons (Fsp3) is 0.250. The molecule has 0 atom stereocenters. The van der Waals surface area contributed by atoms with Crippen LogP contribution in [0.25, 0.3) is 0 Å². The van der Waals surface area contributed by atoms with Crippen LogP contribution in [-0.4, -0.2) is 6.54 Å². The molecule has 0 spiro atoms. The second kappa shape index (κ2) is 6.47. The lowest BCUT2D eigenvalue weighted by Crippen LogP contribution is -2.02. The van der Waals surface area contributed by atoms with Crippen LogP contribution in [0.3, 0.4) is 0 Å². The molecule has 0 radical (unpaired) electrons. The van der Waals surface area contributed by atoms with E-state index in [0.717, 1.165) is 16.3 Å².